The number of hydrogen-bond acceptors (Lipinski definition) is 10. The van der Waals surface area contributed by atoms with E-state index in [1.165, 1.54) is 81.2 Å². The molecule has 0 unspecified atom stereocenters. The smallest absolute Gasteiger partial charge is 0.343 e. The lowest BCUT2D eigenvalue weighted by Crippen LogP contribution is -2.14. The Hall–Kier alpha value is -9.41. The maximum Gasteiger partial charge on any atom is 0.343 e. The molecule has 9 aromatic rings. The fourth-order valence-corrected chi connectivity index (χ4v) is 10.2. The fourth-order valence-electron chi connectivity index (χ4n) is 10.2. The number of unbranched alkanes of at least 4 members (excludes halogenated alkanes) is 2. The van der Waals surface area contributed by atoms with Crippen LogP contribution in [0.4, 0.5) is 0 Å². The van der Waals surface area contributed by atoms with Crippen LogP contribution in [0.1, 0.15) is 118 Å². The van der Waals surface area contributed by atoms with E-state index in [1.807, 2.05) is 97.1 Å². The second kappa shape index (κ2) is 24.3. The molecule has 394 valence electrons. The van der Waals surface area contributed by atoms with Gasteiger partial charge in [0.05, 0.1) is 22.3 Å². The lowest BCUT2D eigenvalue weighted by Gasteiger charge is -2.29. The molecule has 79 heavy (non-hydrogen) atoms. The van der Waals surface area contributed by atoms with Crippen molar-refractivity contribution in [2.75, 3.05) is 0 Å². The van der Waals surface area contributed by atoms with E-state index in [0.29, 0.717) is 39.5 Å². The molecule has 0 atom stereocenters. The predicted octanol–water partition coefficient (Wildman–Crippen LogP) is 16.5. The Morgan fingerprint density at radius 3 is 1.28 bits per heavy atom. The number of carbonyl (C=O) groups is 5. The largest absolute Gasteiger partial charge is 0.423 e. The van der Waals surface area contributed by atoms with E-state index < -0.39 is 29.8 Å². The summed E-state index contributed by atoms with van der Waals surface area (Å²) in [6.07, 6.45) is 10.1. The van der Waals surface area contributed by atoms with E-state index in [4.69, 9.17) is 23.7 Å². The number of fused-ring (bicyclic) bond motifs is 2. The van der Waals surface area contributed by atoms with Gasteiger partial charge in [-0.25, -0.2) is 24.0 Å². The quantitative estimate of drug-likeness (QED) is 0.0376. The van der Waals surface area contributed by atoms with Gasteiger partial charge in [-0.05, 0) is 180 Å². The average molecular weight is 1050 g/mol. The molecule has 1 saturated carbocycles. The molecule has 0 aliphatic heterocycles. The minimum Gasteiger partial charge on any atom is -0.423 e. The predicted molar refractivity (Wildman–Crippen MR) is 307 cm³/mol. The number of hydrogen-bond donors (Lipinski definition) is 0. The van der Waals surface area contributed by atoms with Crippen LogP contribution in [0.25, 0.3) is 43.8 Å². The standard InChI is InChI=1S/C69H58O10/c1-4-5-6-11-45-16-18-46(19-17-45)47-20-24-52(25-21-47)66(71)76-57-38-30-54(31-39-57)68(73)78-61-42-34-50-12-7-9-14-59(50)63(61)64-60-15-10-8-13-51(60)35-43-62(64)79-69(74)55-32-40-58(41-33-55)77-67(72)53-26-22-48(23-27-53)49-28-36-56(37-29-49)75-65(70)44(2)3/h7-10,12-15,20-43,45-46H,2,4-6,11,16-19H2,1,3H3. The highest BCUT2D eigenvalue weighted by Gasteiger charge is 2.25. The van der Waals surface area contributed by atoms with Crippen LogP contribution in [0.5, 0.6) is 28.7 Å². The first-order chi connectivity index (χ1) is 38.5. The van der Waals surface area contributed by atoms with Crippen molar-refractivity contribution in [3.05, 3.63) is 234 Å². The third-order valence-corrected chi connectivity index (χ3v) is 14.6. The van der Waals surface area contributed by atoms with Crippen LogP contribution in [0.15, 0.2) is 206 Å². The van der Waals surface area contributed by atoms with Gasteiger partial charge in [-0.15, -0.1) is 0 Å². The highest BCUT2D eigenvalue weighted by Crippen LogP contribution is 2.46. The van der Waals surface area contributed by atoms with Crippen molar-refractivity contribution >= 4 is 51.4 Å². The van der Waals surface area contributed by atoms with Crippen molar-refractivity contribution in [3.63, 3.8) is 0 Å². The maximum absolute atomic E-state index is 14.1. The zero-order chi connectivity index (χ0) is 54.8. The van der Waals surface area contributed by atoms with Crippen LogP contribution in [0.3, 0.4) is 0 Å². The van der Waals surface area contributed by atoms with Gasteiger partial charge in [-0.2, -0.15) is 0 Å². The van der Waals surface area contributed by atoms with Crippen molar-refractivity contribution in [2.45, 2.75) is 71.1 Å². The molecule has 9 aromatic carbocycles. The summed E-state index contributed by atoms with van der Waals surface area (Å²) in [6.45, 7) is 7.43. The molecule has 0 amide bonds. The van der Waals surface area contributed by atoms with Gasteiger partial charge in [0.15, 0.2) is 0 Å². The van der Waals surface area contributed by atoms with Crippen LogP contribution >= 0.6 is 0 Å². The zero-order valence-electron chi connectivity index (χ0n) is 44.1. The van der Waals surface area contributed by atoms with Crippen molar-refractivity contribution in [1.82, 2.24) is 0 Å². The number of esters is 5. The Balaban J connectivity index is 0.818. The second-order valence-corrected chi connectivity index (χ2v) is 20.0. The Bertz CT molecular complexity index is 3700. The Labute approximate surface area is 459 Å². The third-order valence-electron chi connectivity index (χ3n) is 14.6. The number of ether oxygens (including phenoxy) is 5. The molecular formula is C69H58O10. The summed E-state index contributed by atoms with van der Waals surface area (Å²) in [7, 11) is 0. The number of benzene rings is 9. The minimum atomic E-state index is -0.672. The van der Waals surface area contributed by atoms with Crippen LogP contribution in [0, 0.1) is 5.92 Å². The Kier molecular flexibility index (Phi) is 16.3. The molecule has 0 heterocycles. The lowest BCUT2D eigenvalue weighted by atomic mass is 9.77. The van der Waals surface area contributed by atoms with Gasteiger partial charge < -0.3 is 23.7 Å². The van der Waals surface area contributed by atoms with E-state index >= 15 is 0 Å². The van der Waals surface area contributed by atoms with Crippen LogP contribution in [-0.4, -0.2) is 29.8 Å². The summed E-state index contributed by atoms with van der Waals surface area (Å²) in [5.41, 5.74) is 5.50. The molecule has 10 heteroatoms. The Morgan fingerprint density at radius 1 is 0.430 bits per heavy atom. The lowest BCUT2D eigenvalue weighted by molar-refractivity contribution is -0.130. The Morgan fingerprint density at radius 2 is 0.823 bits per heavy atom. The van der Waals surface area contributed by atoms with Gasteiger partial charge in [-0.3, -0.25) is 0 Å². The van der Waals surface area contributed by atoms with E-state index in [1.54, 1.807) is 79.7 Å². The molecule has 0 saturated heterocycles. The van der Waals surface area contributed by atoms with Crippen molar-refractivity contribution < 1.29 is 47.7 Å². The molecule has 10 nitrogen and oxygen atoms in total. The first-order valence-corrected chi connectivity index (χ1v) is 26.8. The summed E-state index contributed by atoms with van der Waals surface area (Å²) in [5.74, 6) is -0.221. The number of rotatable bonds is 17. The molecule has 0 aromatic heterocycles. The molecule has 1 aliphatic carbocycles. The average Bonchev–Trinajstić information content (AvgIpc) is 3.49. The normalized spacial score (nSPS) is 14.0. The van der Waals surface area contributed by atoms with Gasteiger partial charge in [0.1, 0.15) is 28.7 Å². The van der Waals surface area contributed by atoms with Crippen molar-refractivity contribution in [2.24, 2.45) is 5.92 Å². The van der Waals surface area contributed by atoms with Crippen molar-refractivity contribution in [3.8, 4) is 51.0 Å². The SMILES string of the molecule is C=C(C)C(=O)Oc1ccc(-c2ccc(C(=O)Oc3ccc(C(=O)Oc4ccc5ccccc5c4-c4c(OC(=O)c5ccc(OC(=O)c6ccc(C7CCC(CCCCC)CC7)cc6)cc5)ccc5ccccc45)cc3)cc2)cc1. The van der Waals surface area contributed by atoms with Crippen molar-refractivity contribution in [1.29, 1.82) is 0 Å². The molecule has 1 fully saturated rings. The number of carbonyl (C=O) groups excluding carboxylic acids is 5. The fraction of sp³-hybridized carbons (Fsp3) is 0.174. The summed E-state index contributed by atoms with van der Waals surface area (Å²) in [5, 5.41) is 3.22. The van der Waals surface area contributed by atoms with Gasteiger partial charge in [0, 0.05) is 16.7 Å². The zero-order valence-corrected chi connectivity index (χ0v) is 44.1. The van der Waals surface area contributed by atoms with E-state index in [0.717, 1.165) is 38.6 Å². The maximum atomic E-state index is 14.1. The summed E-state index contributed by atoms with van der Waals surface area (Å²) in [4.78, 5) is 66.5. The van der Waals surface area contributed by atoms with Gasteiger partial charge in [0.2, 0.25) is 0 Å². The van der Waals surface area contributed by atoms with E-state index in [9.17, 15) is 24.0 Å². The summed E-state index contributed by atoms with van der Waals surface area (Å²) < 4.78 is 29.2. The molecule has 10 rings (SSSR count). The van der Waals surface area contributed by atoms with E-state index in [-0.39, 0.29) is 34.1 Å². The monoisotopic (exact) mass is 1050 g/mol. The molecule has 0 bridgehead atoms. The first-order valence-electron chi connectivity index (χ1n) is 26.8. The van der Waals surface area contributed by atoms with Gasteiger partial charge in [0.25, 0.3) is 0 Å². The van der Waals surface area contributed by atoms with E-state index in [2.05, 4.69) is 13.5 Å². The van der Waals surface area contributed by atoms with Crippen LogP contribution in [0.2, 0.25) is 0 Å². The molecular weight excluding hydrogens is 989 g/mol. The van der Waals surface area contributed by atoms with Crippen LogP contribution < -0.4 is 23.7 Å². The topological polar surface area (TPSA) is 132 Å². The first kappa shape index (κ1) is 53.0. The molecule has 0 N–H and O–H groups in total. The minimum absolute atomic E-state index is 0.195. The van der Waals surface area contributed by atoms with Crippen LogP contribution in [-0.2, 0) is 4.79 Å². The molecule has 1 aliphatic rings. The highest BCUT2D eigenvalue weighted by atomic mass is 16.6. The molecule has 0 radical (unpaired) electrons. The highest BCUT2D eigenvalue weighted by molar-refractivity contribution is 6.11. The second-order valence-electron chi connectivity index (χ2n) is 20.0. The summed E-state index contributed by atoms with van der Waals surface area (Å²) >= 11 is 0. The van der Waals surface area contributed by atoms with Gasteiger partial charge in [-0.1, -0.05) is 136 Å². The van der Waals surface area contributed by atoms with Gasteiger partial charge >= 0.3 is 29.8 Å². The molecule has 0 spiro atoms. The summed E-state index contributed by atoms with van der Waals surface area (Å²) in [6, 6.07) is 56.5. The third kappa shape index (κ3) is 12.6.